The van der Waals surface area contributed by atoms with Crippen LogP contribution in [-0.4, -0.2) is 21.3 Å². The van der Waals surface area contributed by atoms with E-state index < -0.39 is 5.82 Å². The lowest BCUT2D eigenvalue weighted by atomic mass is 10.0. The van der Waals surface area contributed by atoms with Gasteiger partial charge in [-0.1, -0.05) is 42.5 Å². The van der Waals surface area contributed by atoms with Crippen molar-refractivity contribution in [3.63, 3.8) is 0 Å². The molecule has 4 heteroatoms. The quantitative estimate of drug-likeness (QED) is 0.510. The second-order valence-electron chi connectivity index (χ2n) is 6.90. The van der Waals surface area contributed by atoms with E-state index in [0.29, 0.717) is 0 Å². The van der Waals surface area contributed by atoms with E-state index in [9.17, 15) is 14.6 Å². The Balaban J connectivity index is 1.65. The Hall–Kier alpha value is -2.98. The summed E-state index contributed by atoms with van der Waals surface area (Å²) >= 11 is 0. The summed E-state index contributed by atoms with van der Waals surface area (Å²) in [4.78, 5) is 4.48. The summed E-state index contributed by atoms with van der Waals surface area (Å²) in [5.41, 5.74) is 4.54. The molecule has 144 valence electrons. The molecule has 0 bridgehead atoms. The summed E-state index contributed by atoms with van der Waals surface area (Å²) in [6, 6.07) is 16.2. The number of phenols is 1. The SMILES string of the molecule is CC(O)CCC/C=C/c1ccc(-c2ccc(-c3ccc(O)c(F)c3)cc2)cn1. The highest BCUT2D eigenvalue weighted by molar-refractivity contribution is 5.70. The fourth-order valence-corrected chi connectivity index (χ4v) is 2.95. The zero-order valence-corrected chi connectivity index (χ0v) is 15.8. The largest absolute Gasteiger partial charge is 0.505 e. The van der Waals surface area contributed by atoms with Crippen LogP contribution in [0.2, 0.25) is 0 Å². The average molecular weight is 377 g/mol. The number of hydrogen-bond donors (Lipinski definition) is 2. The number of benzene rings is 2. The Labute approximate surface area is 164 Å². The first-order valence-electron chi connectivity index (χ1n) is 9.43. The molecule has 3 aromatic rings. The molecule has 1 heterocycles. The van der Waals surface area contributed by atoms with Crippen LogP contribution in [0.4, 0.5) is 4.39 Å². The normalized spacial score (nSPS) is 12.4. The van der Waals surface area contributed by atoms with Gasteiger partial charge in [-0.15, -0.1) is 0 Å². The van der Waals surface area contributed by atoms with Crippen LogP contribution in [0, 0.1) is 5.82 Å². The highest BCUT2D eigenvalue weighted by atomic mass is 19.1. The second kappa shape index (κ2) is 9.29. The molecule has 0 aliphatic carbocycles. The van der Waals surface area contributed by atoms with Crippen LogP contribution in [-0.2, 0) is 0 Å². The number of halogens is 1. The molecule has 1 atom stereocenters. The van der Waals surface area contributed by atoms with E-state index in [4.69, 9.17) is 0 Å². The van der Waals surface area contributed by atoms with Crippen molar-refractivity contribution in [2.75, 3.05) is 0 Å². The number of aromatic hydroxyl groups is 1. The van der Waals surface area contributed by atoms with Crippen molar-refractivity contribution in [3.05, 3.63) is 78.4 Å². The molecule has 0 saturated heterocycles. The van der Waals surface area contributed by atoms with Gasteiger partial charge in [-0.25, -0.2) is 4.39 Å². The summed E-state index contributed by atoms with van der Waals surface area (Å²) in [6.45, 7) is 1.81. The van der Waals surface area contributed by atoms with Gasteiger partial charge in [-0.3, -0.25) is 4.98 Å². The molecular weight excluding hydrogens is 353 g/mol. The van der Waals surface area contributed by atoms with Crippen LogP contribution in [0.25, 0.3) is 28.3 Å². The highest BCUT2D eigenvalue weighted by Gasteiger charge is 2.05. The number of unbranched alkanes of at least 4 members (excludes halogenated alkanes) is 1. The van der Waals surface area contributed by atoms with Crippen LogP contribution in [0.3, 0.4) is 0 Å². The van der Waals surface area contributed by atoms with E-state index >= 15 is 0 Å². The average Bonchev–Trinajstić information content (AvgIpc) is 2.70. The Morgan fingerprint density at radius 3 is 2.21 bits per heavy atom. The van der Waals surface area contributed by atoms with Crippen LogP contribution in [0.1, 0.15) is 31.9 Å². The number of hydrogen-bond acceptors (Lipinski definition) is 3. The van der Waals surface area contributed by atoms with Gasteiger partial charge in [0, 0.05) is 11.8 Å². The molecule has 3 nitrogen and oxygen atoms in total. The van der Waals surface area contributed by atoms with Crippen LogP contribution < -0.4 is 0 Å². The molecule has 0 aliphatic rings. The first kappa shape index (κ1) is 19.8. The zero-order valence-electron chi connectivity index (χ0n) is 15.8. The fourth-order valence-electron chi connectivity index (χ4n) is 2.95. The summed E-state index contributed by atoms with van der Waals surface area (Å²) in [5.74, 6) is -0.969. The molecular formula is C24H24FNO2. The van der Waals surface area contributed by atoms with E-state index in [-0.39, 0.29) is 11.9 Å². The topological polar surface area (TPSA) is 53.4 Å². The first-order chi connectivity index (χ1) is 13.5. The lowest BCUT2D eigenvalue weighted by molar-refractivity contribution is 0.182. The Kier molecular flexibility index (Phi) is 6.56. The number of nitrogens with zero attached hydrogens (tertiary/aromatic N) is 1. The van der Waals surface area contributed by atoms with Gasteiger partial charge in [0.1, 0.15) is 0 Å². The number of allylic oxidation sites excluding steroid dienone is 1. The van der Waals surface area contributed by atoms with Gasteiger partial charge < -0.3 is 10.2 Å². The molecule has 3 rings (SSSR count). The van der Waals surface area contributed by atoms with E-state index in [2.05, 4.69) is 11.1 Å². The number of phenolic OH excluding ortho intramolecular Hbond substituents is 1. The molecule has 0 fully saturated rings. The van der Waals surface area contributed by atoms with Crippen molar-refractivity contribution in [1.29, 1.82) is 0 Å². The standard InChI is InChI=1S/C24H24FNO2/c1-17(27)5-3-2-4-6-22-13-11-21(16-26-22)19-9-7-18(8-10-19)20-12-14-24(28)23(25)15-20/h4,6-17,27-28H,2-3,5H2,1H3/b6-4+. The predicted octanol–water partition coefficient (Wildman–Crippen LogP) is 5.82. The molecule has 1 unspecified atom stereocenters. The number of aliphatic hydroxyl groups is 1. The minimum atomic E-state index is -0.625. The van der Waals surface area contributed by atoms with Crippen molar-refractivity contribution in [2.24, 2.45) is 0 Å². The third kappa shape index (κ3) is 5.27. The van der Waals surface area contributed by atoms with Gasteiger partial charge in [0.25, 0.3) is 0 Å². The minimum absolute atomic E-state index is 0.245. The number of aromatic nitrogens is 1. The summed E-state index contributed by atoms with van der Waals surface area (Å²) in [7, 11) is 0. The number of aliphatic hydroxyl groups excluding tert-OH is 1. The molecule has 0 spiro atoms. The second-order valence-corrected chi connectivity index (χ2v) is 6.90. The van der Waals surface area contributed by atoms with Gasteiger partial charge >= 0.3 is 0 Å². The molecule has 28 heavy (non-hydrogen) atoms. The third-order valence-electron chi connectivity index (χ3n) is 4.57. The van der Waals surface area contributed by atoms with Crippen LogP contribution >= 0.6 is 0 Å². The predicted molar refractivity (Wildman–Crippen MR) is 111 cm³/mol. The van der Waals surface area contributed by atoms with E-state index in [1.807, 2.05) is 48.7 Å². The number of rotatable bonds is 7. The Bertz CT molecular complexity index is 932. The van der Waals surface area contributed by atoms with Gasteiger partial charge in [0.05, 0.1) is 11.8 Å². The summed E-state index contributed by atoms with van der Waals surface area (Å²) < 4.78 is 13.5. The molecule has 0 radical (unpaired) electrons. The Morgan fingerprint density at radius 2 is 1.61 bits per heavy atom. The first-order valence-corrected chi connectivity index (χ1v) is 9.43. The molecule has 2 N–H and O–H groups in total. The van der Waals surface area contributed by atoms with Crippen molar-refractivity contribution < 1.29 is 14.6 Å². The third-order valence-corrected chi connectivity index (χ3v) is 4.57. The van der Waals surface area contributed by atoms with Crippen molar-refractivity contribution in [3.8, 4) is 28.0 Å². The van der Waals surface area contributed by atoms with Crippen LogP contribution in [0.15, 0.2) is 66.9 Å². The maximum absolute atomic E-state index is 13.5. The summed E-state index contributed by atoms with van der Waals surface area (Å²) in [6.07, 6.45) is 8.36. The van der Waals surface area contributed by atoms with Gasteiger partial charge in [-0.05, 0) is 67.2 Å². The molecule has 0 aliphatic heterocycles. The molecule has 1 aromatic heterocycles. The maximum atomic E-state index is 13.5. The fraction of sp³-hybridized carbons (Fsp3) is 0.208. The van der Waals surface area contributed by atoms with Crippen molar-refractivity contribution in [2.45, 2.75) is 32.3 Å². The van der Waals surface area contributed by atoms with E-state index in [1.165, 1.54) is 12.1 Å². The van der Waals surface area contributed by atoms with Crippen molar-refractivity contribution >= 4 is 6.08 Å². The lowest BCUT2D eigenvalue weighted by Crippen LogP contribution is -1.97. The smallest absolute Gasteiger partial charge is 0.165 e. The monoisotopic (exact) mass is 377 g/mol. The van der Waals surface area contributed by atoms with E-state index in [0.717, 1.165) is 47.2 Å². The summed E-state index contributed by atoms with van der Waals surface area (Å²) in [5, 5.41) is 18.6. The van der Waals surface area contributed by atoms with E-state index in [1.54, 1.807) is 13.0 Å². The van der Waals surface area contributed by atoms with Gasteiger partial charge in [0.2, 0.25) is 0 Å². The molecule has 0 amide bonds. The van der Waals surface area contributed by atoms with Crippen molar-refractivity contribution in [1.82, 2.24) is 4.98 Å². The zero-order chi connectivity index (χ0) is 19.9. The lowest BCUT2D eigenvalue weighted by Gasteiger charge is -2.06. The molecule has 0 saturated carbocycles. The minimum Gasteiger partial charge on any atom is -0.505 e. The highest BCUT2D eigenvalue weighted by Crippen LogP contribution is 2.27. The Morgan fingerprint density at radius 1 is 0.964 bits per heavy atom. The molecule has 2 aromatic carbocycles. The van der Waals surface area contributed by atoms with Gasteiger partial charge in [0.15, 0.2) is 11.6 Å². The number of pyridine rings is 1. The van der Waals surface area contributed by atoms with Gasteiger partial charge in [-0.2, -0.15) is 0 Å². The maximum Gasteiger partial charge on any atom is 0.165 e. The van der Waals surface area contributed by atoms with Crippen LogP contribution in [0.5, 0.6) is 5.75 Å².